The Bertz CT molecular complexity index is 412. The van der Waals surface area contributed by atoms with Gasteiger partial charge >= 0.3 is 0 Å². The minimum Gasteiger partial charge on any atom is -0.311 e. The summed E-state index contributed by atoms with van der Waals surface area (Å²) < 4.78 is 0. The van der Waals surface area contributed by atoms with Crippen LogP contribution in [0, 0.1) is 20.8 Å². The van der Waals surface area contributed by atoms with Crippen molar-refractivity contribution in [2.75, 3.05) is 26.7 Å². The van der Waals surface area contributed by atoms with Crippen LogP contribution in [0.1, 0.15) is 28.7 Å². The van der Waals surface area contributed by atoms with Crippen molar-refractivity contribution in [3.63, 3.8) is 0 Å². The van der Waals surface area contributed by atoms with E-state index >= 15 is 0 Å². The van der Waals surface area contributed by atoms with E-state index in [1.165, 1.54) is 48.2 Å². The van der Waals surface area contributed by atoms with Crippen LogP contribution in [0.4, 0.5) is 0 Å². The van der Waals surface area contributed by atoms with Gasteiger partial charge in [0.25, 0.3) is 0 Å². The average Bonchev–Trinajstić information content (AvgIpc) is 2.35. The number of benzene rings is 1. The molecule has 0 aromatic heterocycles. The Labute approximate surface area is 111 Å². The van der Waals surface area contributed by atoms with E-state index in [4.69, 9.17) is 0 Å². The van der Waals surface area contributed by atoms with Gasteiger partial charge in [-0.05, 0) is 62.9 Å². The van der Waals surface area contributed by atoms with Crippen molar-refractivity contribution in [1.29, 1.82) is 0 Å². The van der Waals surface area contributed by atoms with Gasteiger partial charge in [0, 0.05) is 25.7 Å². The topological polar surface area (TPSA) is 15.3 Å². The summed E-state index contributed by atoms with van der Waals surface area (Å²) in [6.45, 7) is 10.2. The number of nitrogens with one attached hydrogen (secondary N) is 1. The summed E-state index contributed by atoms with van der Waals surface area (Å²) in [6, 6.07) is 5.23. The van der Waals surface area contributed by atoms with Crippen LogP contribution >= 0.6 is 0 Å². The van der Waals surface area contributed by atoms with Crippen LogP contribution in [0.2, 0.25) is 0 Å². The first-order valence-electron chi connectivity index (χ1n) is 7.05. The second-order valence-corrected chi connectivity index (χ2v) is 5.74. The molecule has 1 atom stereocenters. The van der Waals surface area contributed by atoms with Crippen molar-refractivity contribution in [3.05, 3.63) is 34.4 Å². The molecule has 1 heterocycles. The molecule has 1 fully saturated rings. The highest BCUT2D eigenvalue weighted by Crippen LogP contribution is 2.19. The van der Waals surface area contributed by atoms with Gasteiger partial charge in [-0.15, -0.1) is 0 Å². The zero-order chi connectivity index (χ0) is 13.1. The molecule has 1 N–H and O–H groups in total. The molecule has 1 aliphatic rings. The standard InChI is InChI=1S/C16H26N2/c1-12-5-6-15(14(3)13(12)2)7-8-16-11-18(4)10-9-17-16/h5-6,16-17H,7-11H2,1-4H3. The number of likely N-dealkylation sites (N-methyl/N-ethyl adjacent to an activating group) is 1. The Morgan fingerprint density at radius 2 is 2.00 bits per heavy atom. The van der Waals surface area contributed by atoms with Crippen molar-refractivity contribution >= 4 is 0 Å². The van der Waals surface area contributed by atoms with Gasteiger partial charge in [-0.25, -0.2) is 0 Å². The maximum Gasteiger partial charge on any atom is 0.0198 e. The van der Waals surface area contributed by atoms with Gasteiger partial charge in [-0.3, -0.25) is 0 Å². The molecule has 100 valence electrons. The number of hydrogen-bond donors (Lipinski definition) is 1. The lowest BCUT2D eigenvalue weighted by Crippen LogP contribution is -2.49. The fourth-order valence-corrected chi connectivity index (χ4v) is 2.80. The molecule has 2 nitrogen and oxygen atoms in total. The number of piperazine rings is 1. The Morgan fingerprint density at radius 1 is 1.22 bits per heavy atom. The van der Waals surface area contributed by atoms with Crippen LogP contribution in [-0.4, -0.2) is 37.6 Å². The predicted octanol–water partition coefficient (Wildman–Crippen LogP) is 2.45. The minimum atomic E-state index is 0.657. The number of aryl methyl sites for hydroxylation is 2. The first-order valence-corrected chi connectivity index (χ1v) is 7.05. The molecular weight excluding hydrogens is 220 g/mol. The fourth-order valence-electron chi connectivity index (χ4n) is 2.80. The number of nitrogens with zero attached hydrogens (tertiary/aromatic N) is 1. The molecule has 2 rings (SSSR count). The van der Waals surface area contributed by atoms with Gasteiger partial charge in [0.1, 0.15) is 0 Å². The van der Waals surface area contributed by atoms with Crippen LogP contribution in [0.3, 0.4) is 0 Å². The molecule has 0 aliphatic carbocycles. The molecule has 0 saturated carbocycles. The lowest BCUT2D eigenvalue weighted by Gasteiger charge is -2.31. The van der Waals surface area contributed by atoms with E-state index in [1.54, 1.807) is 0 Å². The molecular formula is C16H26N2. The molecule has 2 heteroatoms. The van der Waals surface area contributed by atoms with Gasteiger partial charge in [-0.2, -0.15) is 0 Å². The Morgan fingerprint density at radius 3 is 2.72 bits per heavy atom. The van der Waals surface area contributed by atoms with Crippen molar-refractivity contribution in [3.8, 4) is 0 Å². The molecule has 1 aromatic rings. The summed E-state index contributed by atoms with van der Waals surface area (Å²) in [6.07, 6.45) is 2.44. The van der Waals surface area contributed by atoms with Gasteiger partial charge in [0.05, 0.1) is 0 Å². The van der Waals surface area contributed by atoms with Gasteiger partial charge < -0.3 is 10.2 Å². The van der Waals surface area contributed by atoms with Crippen LogP contribution in [0.25, 0.3) is 0 Å². The first kappa shape index (κ1) is 13.6. The van der Waals surface area contributed by atoms with Gasteiger partial charge in [0.15, 0.2) is 0 Å². The van der Waals surface area contributed by atoms with E-state index in [2.05, 4.69) is 50.2 Å². The fraction of sp³-hybridized carbons (Fsp3) is 0.625. The Hall–Kier alpha value is -0.860. The minimum absolute atomic E-state index is 0.657. The third kappa shape index (κ3) is 3.12. The van der Waals surface area contributed by atoms with E-state index < -0.39 is 0 Å². The highest BCUT2D eigenvalue weighted by molar-refractivity contribution is 5.38. The predicted molar refractivity (Wildman–Crippen MR) is 78.3 cm³/mol. The quantitative estimate of drug-likeness (QED) is 0.881. The van der Waals surface area contributed by atoms with E-state index in [1.807, 2.05) is 0 Å². The molecule has 1 aliphatic heterocycles. The second-order valence-electron chi connectivity index (χ2n) is 5.74. The highest BCUT2D eigenvalue weighted by Gasteiger charge is 2.16. The van der Waals surface area contributed by atoms with Gasteiger partial charge in [0.2, 0.25) is 0 Å². The molecule has 0 spiro atoms. The molecule has 1 saturated heterocycles. The van der Waals surface area contributed by atoms with Crippen molar-refractivity contribution in [2.45, 2.75) is 39.7 Å². The van der Waals surface area contributed by atoms with Crippen LogP contribution in [0.15, 0.2) is 12.1 Å². The molecule has 0 amide bonds. The molecule has 0 bridgehead atoms. The lowest BCUT2D eigenvalue weighted by molar-refractivity contribution is 0.232. The van der Waals surface area contributed by atoms with E-state index in [9.17, 15) is 0 Å². The third-order valence-corrected chi connectivity index (χ3v) is 4.39. The second kappa shape index (κ2) is 5.85. The SMILES string of the molecule is Cc1ccc(CCC2CN(C)CCN2)c(C)c1C. The summed E-state index contributed by atoms with van der Waals surface area (Å²) in [7, 11) is 2.22. The Kier molecular flexibility index (Phi) is 4.41. The van der Waals surface area contributed by atoms with Crippen molar-refractivity contribution < 1.29 is 0 Å². The van der Waals surface area contributed by atoms with Gasteiger partial charge in [-0.1, -0.05) is 12.1 Å². The monoisotopic (exact) mass is 246 g/mol. The largest absolute Gasteiger partial charge is 0.311 e. The highest BCUT2D eigenvalue weighted by atomic mass is 15.2. The lowest BCUT2D eigenvalue weighted by atomic mass is 9.94. The van der Waals surface area contributed by atoms with E-state index in [0.717, 1.165) is 6.54 Å². The summed E-state index contributed by atoms with van der Waals surface area (Å²) in [4.78, 5) is 2.43. The molecule has 18 heavy (non-hydrogen) atoms. The summed E-state index contributed by atoms with van der Waals surface area (Å²) >= 11 is 0. The maximum absolute atomic E-state index is 3.62. The summed E-state index contributed by atoms with van der Waals surface area (Å²) in [5.74, 6) is 0. The third-order valence-electron chi connectivity index (χ3n) is 4.39. The first-order chi connectivity index (χ1) is 8.58. The number of hydrogen-bond acceptors (Lipinski definition) is 2. The van der Waals surface area contributed by atoms with Crippen molar-refractivity contribution in [2.24, 2.45) is 0 Å². The van der Waals surface area contributed by atoms with E-state index in [0.29, 0.717) is 6.04 Å². The van der Waals surface area contributed by atoms with Crippen LogP contribution < -0.4 is 5.32 Å². The molecule has 0 radical (unpaired) electrons. The molecule has 1 aromatic carbocycles. The smallest absolute Gasteiger partial charge is 0.0198 e. The van der Waals surface area contributed by atoms with Crippen LogP contribution in [-0.2, 0) is 6.42 Å². The van der Waals surface area contributed by atoms with E-state index in [-0.39, 0.29) is 0 Å². The summed E-state index contributed by atoms with van der Waals surface area (Å²) in [5.41, 5.74) is 5.88. The Balaban J connectivity index is 1.96. The van der Waals surface area contributed by atoms with Crippen molar-refractivity contribution in [1.82, 2.24) is 10.2 Å². The zero-order valence-corrected chi connectivity index (χ0v) is 12.2. The number of rotatable bonds is 3. The summed E-state index contributed by atoms with van der Waals surface area (Å²) in [5, 5.41) is 3.62. The zero-order valence-electron chi connectivity index (χ0n) is 12.2. The average molecular weight is 246 g/mol. The maximum atomic E-state index is 3.62. The molecule has 1 unspecified atom stereocenters. The van der Waals surface area contributed by atoms with Crippen LogP contribution in [0.5, 0.6) is 0 Å². The normalized spacial score (nSPS) is 21.2.